The molecule has 10 heteroatoms. The van der Waals surface area contributed by atoms with Crippen LogP contribution in [0.1, 0.15) is 24.3 Å². The number of carbonyl (C=O) groups is 1. The van der Waals surface area contributed by atoms with Crippen molar-refractivity contribution in [3.05, 3.63) is 51.8 Å². The van der Waals surface area contributed by atoms with E-state index in [2.05, 4.69) is 25.9 Å². The van der Waals surface area contributed by atoms with Gasteiger partial charge in [0.1, 0.15) is 23.9 Å². The van der Waals surface area contributed by atoms with Crippen molar-refractivity contribution in [2.45, 2.75) is 31.8 Å². The normalized spacial score (nSPS) is 22.4. The maximum atomic E-state index is 13.5. The Bertz CT molecular complexity index is 905. The van der Waals surface area contributed by atoms with E-state index < -0.39 is 36.0 Å². The van der Waals surface area contributed by atoms with E-state index in [4.69, 9.17) is 4.74 Å². The molecule has 2 aromatic rings. The Morgan fingerprint density at radius 1 is 1.25 bits per heavy atom. The van der Waals surface area contributed by atoms with E-state index in [1.807, 2.05) is 0 Å². The highest BCUT2D eigenvalue weighted by molar-refractivity contribution is 9.10. The number of alkyl halides is 1. The number of hydrogen-bond acceptors (Lipinski definition) is 5. The second-order valence-corrected chi connectivity index (χ2v) is 7.70. The summed E-state index contributed by atoms with van der Waals surface area (Å²) in [5.74, 6) is -1.09. The lowest BCUT2D eigenvalue weighted by atomic mass is 10.0. The summed E-state index contributed by atoms with van der Waals surface area (Å²) >= 11 is 3.36. The first-order valence-corrected chi connectivity index (χ1v) is 9.45. The third-order valence-corrected chi connectivity index (χ3v) is 5.51. The van der Waals surface area contributed by atoms with Crippen molar-refractivity contribution in [2.75, 3.05) is 18.0 Å². The summed E-state index contributed by atoms with van der Waals surface area (Å²) in [6.45, 7) is 2.31. The number of rotatable bonds is 4. The predicted octanol–water partition coefficient (Wildman–Crippen LogP) is 3.76. The summed E-state index contributed by atoms with van der Waals surface area (Å²) in [5.41, 5.74) is 0.778. The third kappa shape index (κ3) is 3.52. The Labute approximate surface area is 167 Å². The molecule has 2 aliphatic rings. The van der Waals surface area contributed by atoms with Gasteiger partial charge < -0.3 is 9.64 Å². The van der Waals surface area contributed by atoms with E-state index in [1.54, 1.807) is 18.0 Å². The van der Waals surface area contributed by atoms with Crippen molar-refractivity contribution in [3.63, 3.8) is 0 Å². The molecule has 1 aromatic heterocycles. The van der Waals surface area contributed by atoms with Crippen molar-refractivity contribution < 1.29 is 22.7 Å². The molecule has 0 aliphatic carbocycles. The Hall–Kier alpha value is -2.36. The maximum absolute atomic E-state index is 13.5. The number of cyclic esters (lactones) is 1. The van der Waals surface area contributed by atoms with E-state index >= 15 is 0 Å². The zero-order valence-electron chi connectivity index (χ0n) is 14.8. The molecule has 28 heavy (non-hydrogen) atoms. The van der Waals surface area contributed by atoms with Gasteiger partial charge in [0.05, 0.1) is 35.8 Å². The summed E-state index contributed by atoms with van der Waals surface area (Å²) in [4.78, 5) is 24.1. The van der Waals surface area contributed by atoms with Gasteiger partial charge >= 0.3 is 6.09 Å². The molecule has 0 bridgehead atoms. The van der Waals surface area contributed by atoms with Crippen LogP contribution in [0.3, 0.4) is 0 Å². The molecule has 1 amide bonds. The van der Waals surface area contributed by atoms with Gasteiger partial charge in [-0.2, -0.15) is 0 Å². The second kappa shape index (κ2) is 7.23. The van der Waals surface area contributed by atoms with Gasteiger partial charge in [-0.05, 0) is 35.0 Å². The monoisotopic (exact) mass is 456 g/mol. The van der Waals surface area contributed by atoms with E-state index in [0.717, 1.165) is 18.2 Å². The quantitative estimate of drug-likeness (QED) is 0.700. The van der Waals surface area contributed by atoms with Gasteiger partial charge in [0.25, 0.3) is 0 Å². The van der Waals surface area contributed by atoms with Crippen molar-refractivity contribution in [2.24, 2.45) is 0 Å². The number of amides is 1. The Balaban J connectivity index is 1.55. The fourth-order valence-corrected chi connectivity index (χ4v) is 3.62. The second-order valence-electron chi connectivity index (χ2n) is 6.84. The lowest BCUT2D eigenvalue weighted by Crippen LogP contribution is -2.49. The molecule has 0 saturated carbocycles. The number of nitrogens with zero attached hydrogens (tertiary/aromatic N) is 4. The molecular weight excluding hydrogens is 441 g/mol. The molecule has 0 N–H and O–H groups in total. The third-order valence-electron chi connectivity index (χ3n) is 4.85. The molecule has 0 unspecified atom stereocenters. The topological polar surface area (TPSA) is 58.6 Å². The molecule has 0 spiro atoms. The van der Waals surface area contributed by atoms with Crippen molar-refractivity contribution in [1.29, 1.82) is 0 Å². The molecule has 2 saturated heterocycles. The Morgan fingerprint density at radius 2 is 1.93 bits per heavy atom. The van der Waals surface area contributed by atoms with Crippen LogP contribution in [0, 0.1) is 11.6 Å². The number of halogens is 4. The lowest BCUT2D eigenvalue weighted by molar-refractivity contribution is 0.130. The van der Waals surface area contributed by atoms with Gasteiger partial charge in [0.15, 0.2) is 0 Å². The van der Waals surface area contributed by atoms with Crippen LogP contribution in [0.5, 0.6) is 0 Å². The summed E-state index contributed by atoms with van der Waals surface area (Å²) in [5, 5.41) is 0. The van der Waals surface area contributed by atoms with Crippen LogP contribution in [-0.2, 0) is 11.3 Å². The molecule has 1 aromatic carbocycles. The molecule has 0 radical (unpaired) electrons. The van der Waals surface area contributed by atoms with Crippen molar-refractivity contribution >= 4 is 28.0 Å². The van der Waals surface area contributed by atoms with E-state index in [-0.39, 0.29) is 25.2 Å². The average molecular weight is 457 g/mol. The van der Waals surface area contributed by atoms with Crippen LogP contribution in [0.4, 0.5) is 23.9 Å². The zero-order chi connectivity index (χ0) is 20.0. The van der Waals surface area contributed by atoms with Gasteiger partial charge in [0.2, 0.25) is 5.95 Å². The first kappa shape index (κ1) is 19.0. The van der Waals surface area contributed by atoms with E-state index in [0.29, 0.717) is 16.1 Å². The largest absolute Gasteiger partial charge is 0.439 e. The van der Waals surface area contributed by atoms with E-state index in [1.165, 1.54) is 4.90 Å². The number of anilines is 1. The van der Waals surface area contributed by atoms with E-state index in [9.17, 15) is 18.0 Å². The SMILES string of the molecule is C[C@H]1[C@@H](c2cc(F)cc(F)c2)OC(=O)N1Cc1nc(N2CC(F)C2)ncc1Br. The molecule has 148 valence electrons. The van der Waals surface area contributed by atoms with Gasteiger partial charge in [-0.25, -0.2) is 27.9 Å². The zero-order valence-corrected chi connectivity index (χ0v) is 16.4. The molecular formula is C18H16BrF3N4O2. The highest BCUT2D eigenvalue weighted by Gasteiger charge is 2.40. The van der Waals surface area contributed by atoms with Gasteiger partial charge in [0, 0.05) is 17.8 Å². The summed E-state index contributed by atoms with van der Waals surface area (Å²) < 4.78 is 46.1. The fraction of sp³-hybridized carbons (Fsp3) is 0.389. The Kier molecular flexibility index (Phi) is 4.90. The Morgan fingerprint density at radius 3 is 2.57 bits per heavy atom. The van der Waals surface area contributed by atoms with Crippen LogP contribution in [-0.4, -0.2) is 46.3 Å². The predicted molar refractivity (Wildman–Crippen MR) is 97.4 cm³/mol. The molecule has 3 heterocycles. The van der Waals surface area contributed by atoms with Crippen LogP contribution in [0.15, 0.2) is 28.9 Å². The van der Waals surface area contributed by atoms with Crippen molar-refractivity contribution in [3.8, 4) is 0 Å². The number of carbonyl (C=O) groups excluding carboxylic acids is 1. The summed E-state index contributed by atoms with van der Waals surface area (Å²) in [6.07, 6.45) is -0.756. The summed E-state index contributed by atoms with van der Waals surface area (Å²) in [6, 6.07) is 2.59. The van der Waals surface area contributed by atoms with Gasteiger partial charge in [-0.1, -0.05) is 0 Å². The molecule has 6 nitrogen and oxygen atoms in total. The minimum Gasteiger partial charge on any atom is -0.439 e. The van der Waals surface area contributed by atoms with Crippen molar-refractivity contribution in [1.82, 2.24) is 14.9 Å². The first-order valence-electron chi connectivity index (χ1n) is 8.65. The van der Waals surface area contributed by atoms with Crippen LogP contribution in [0.2, 0.25) is 0 Å². The highest BCUT2D eigenvalue weighted by atomic mass is 79.9. The van der Waals surface area contributed by atoms with Gasteiger partial charge in [-0.15, -0.1) is 0 Å². The molecule has 4 rings (SSSR count). The number of ether oxygens (including phenoxy) is 1. The number of aromatic nitrogens is 2. The average Bonchev–Trinajstić information content (AvgIpc) is 2.88. The molecule has 2 aliphatic heterocycles. The number of benzene rings is 1. The minimum atomic E-state index is -0.892. The first-order chi connectivity index (χ1) is 13.3. The minimum absolute atomic E-state index is 0.108. The van der Waals surface area contributed by atoms with Crippen LogP contribution < -0.4 is 4.90 Å². The smallest absolute Gasteiger partial charge is 0.411 e. The standard InChI is InChI=1S/C18H16BrF3N4O2/c1-9-16(10-2-11(20)4-12(21)3-10)28-18(27)26(9)8-15-14(19)5-23-17(24-15)25-6-13(22)7-25/h2-5,9,13,16H,6-8H2,1H3/t9-,16-/m0/s1. The molecule has 2 fully saturated rings. The number of hydrogen-bond donors (Lipinski definition) is 0. The summed E-state index contributed by atoms with van der Waals surface area (Å²) in [7, 11) is 0. The fourth-order valence-electron chi connectivity index (χ4n) is 3.30. The highest BCUT2D eigenvalue weighted by Crippen LogP contribution is 2.35. The van der Waals surface area contributed by atoms with Crippen LogP contribution in [0.25, 0.3) is 0 Å². The van der Waals surface area contributed by atoms with Gasteiger partial charge in [-0.3, -0.25) is 4.90 Å². The maximum Gasteiger partial charge on any atom is 0.411 e. The lowest BCUT2D eigenvalue weighted by Gasteiger charge is -2.34. The molecule has 2 atom stereocenters. The van der Waals surface area contributed by atoms with Crippen LogP contribution >= 0.6 is 15.9 Å².